The highest BCUT2D eigenvalue weighted by molar-refractivity contribution is 7.88. The van der Waals surface area contributed by atoms with E-state index < -0.39 is 22.0 Å². The standard InChI is InChI=1S/C20H24N2O4S/c23-19(17-9-5-2-6-10-17)20(24)21-18-11-13-22(14-12-18)27(25,26)15-16-7-3-1-4-8-16/h1-10,18-19,23H,11-15H2,(H,21,24)/t19-/m1/s1. The number of hydrogen-bond donors (Lipinski definition) is 2. The molecule has 1 saturated heterocycles. The Labute approximate surface area is 159 Å². The first-order valence-corrected chi connectivity index (χ1v) is 10.6. The van der Waals surface area contributed by atoms with Crippen molar-refractivity contribution in [1.82, 2.24) is 9.62 Å². The second kappa shape index (κ2) is 8.65. The van der Waals surface area contributed by atoms with Crippen molar-refractivity contribution in [2.45, 2.75) is 30.7 Å². The molecule has 0 aliphatic carbocycles. The van der Waals surface area contributed by atoms with Gasteiger partial charge < -0.3 is 10.4 Å². The van der Waals surface area contributed by atoms with Gasteiger partial charge in [0.25, 0.3) is 5.91 Å². The quantitative estimate of drug-likeness (QED) is 0.790. The molecule has 27 heavy (non-hydrogen) atoms. The van der Waals surface area contributed by atoms with Gasteiger partial charge in [0, 0.05) is 19.1 Å². The fraction of sp³-hybridized carbons (Fsp3) is 0.350. The topological polar surface area (TPSA) is 86.7 Å². The molecule has 2 aromatic rings. The summed E-state index contributed by atoms with van der Waals surface area (Å²) >= 11 is 0. The second-order valence-electron chi connectivity index (χ2n) is 6.74. The van der Waals surface area contributed by atoms with Crippen molar-refractivity contribution in [2.75, 3.05) is 13.1 Å². The van der Waals surface area contributed by atoms with Crippen molar-refractivity contribution in [2.24, 2.45) is 0 Å². The molecule has 2 N–H and O–H groups in total. The highest BCUT2D eigenvalue weighted by atomic mass is 32.2. The van der Waals surface area contributed by atoms with Crippen LogP contribution in [0.1, 0.15) is 30.1 Å². The van der Waals surface area contributed by atoms with E-state index in [0.717, 1.165) is 5.56 Å². The minimum Gasteiger partial charge on any atom is -0.378 e. The molecule has 1 aliphatic heterocycles. The summed E-state index contributed by atoms with van der Waals surface area (Å²) in [6.45, 7) is 0.725. The average molecular weight is 388 g/mol. The van der Waals surface area contributed by atoms with Crippen LogP contribution in [0, 0.1) is 0 Å². The zero-order valence-corrected chi connectivity index (χ0v) is 15.8. The first-order chi connectivity index (χ1) is 13.0. The molecule has 0 spiro atoms. The lowest BCUT2D eigenvalue weighted by Gasteiger charge is -2.32. The minimum absolute atomic E-state index is 0.0163. The first kappa shape index (κ1) is 19.5. The van der Waals surface area contributed by atoms with E-state index in [1.54, 1.807) is 36.4 Å². The normalized spacial score (nSPS) is 17.4. The van der Waals surface area contributed by atoms with Crippen molar-refractivity contribution < 1.29 is 18.3 Å². The highest BCUT2D eigenvalue weighted by Gasteiger charge is 2.29. The van der Waals surface area contributed by atoms with E-state index in [1.165, 1.54) is 4.31 Å². The van der Waals surface area contributed by atoms with E-state index in [0.29, 0.717) is 31.5 Å². The Hall–Kier alpha value is -2.22. The van der Waals surface area contributed by atoms with Crippen LogP contribution in [0.3, 0.4) is 0 Å². The molecule has 1 heterocycles. The molecule has 0 unspecified atom stereocenters. The Balaban J connectivity index is 1.52. The molecule has 2 aromatic carbocycles. The van der Waals surface area contributed by atoms with Gasteiger partial charge in [0.1, 0.15) is 0 Å². The number of nitrogens with one attached hydrogen (secondary N) is 1. The van der Waals surface area contributed by atoms with Crippen LogP contribution in [-0.4, -0.2) is 42.9 Å². The van der Waals surface area contributed by atoms with Gasteiger partial charge in [-0.05, 0) is 24.0 Å². The van der Waals surface area contributed by atoms with Gasteiger partial charge in [0.15, 0.2) is 6.10 Å². The molecule has 0 saturated carbocycles. The number of carbonyl (C=O) groups is 1. The van der Waals surface area contributed by atoms with Crippen LogP contribution < -0.4 is 5.32 Å². The largest absolute Gasteiger partial charge is 0.378 e. The molecular formula is C20H24N2O4S. The van der Waals surface area contributed by atoms with Crippen LogP contribution in [0.15, 0.2) is 60.7 Å². The van der Waals surface area contributed by atoms with Gasteiger partial charge >= 0.3 is 0 Å². The minimum atomic E-state index is -3.38. The number of aliphatic hydroxyl groups is 1. The summed E-state index contributed by atoms with van der Waals surface area (Å²) in [7, 11) is -3.38. The molecule has 0 aromatic heterocycles. The van der Waals surface area contributed by atoms with E-state index in [2.05, 4.69) is 5.32 Å². The summed E-state index contributed by atoms with van der Waals surface area (Å²) in [4.78, 5) is 12.2. The number of benzene rings is 2. The lowest BCUT2D eigenvalue weighted by molar-refractivity contribution is -0.130. The molecule has 3 rings (SSSR count). The van der Waals surface area contributed by atoms with Gasteiger partial charge in [-0.25, -0.2) is 12.7 Å². The molecule has 1 amide bonds. The van der Waals surface area contributed by atoms with Gasteiger partial charge in [-0.1, -0.05) is 60.7 Å². The van der Waals surface area contributed by atoms with Gasteiger partial charge in [0.2, 0.25) is 10.0 Å². The number of carbonyl (C=O) groups excluding carboxylic acids is 1. The van der Waals surface area contributed by atoms with E-state index in [9.17, 15) is 18.3 Å². The highest BCUT2D eigenvalue weighted by Crippen LogP contribution is 2.19. The number of rotatable bonds is 6. The predicted molar refractivity (Wildman–Crippen MR) is 103 cm³/mol. The summed E-state index contributed by atoms with van der Waals surface area (Å²) in [5.41, 5.74) is 1.30. The van der Waals surface area contributed by atoms with Gasteiger partial charge in [-0.3, -0.25) is 4.79 Å². The summed E-state index contributed by atoms with van der Waals surface area (Å²) in [6.07, 6.45) is -0.159. The predicted octanol–water partition coefficient (Wildman–Crippen LogP) is 1.83. The Morgan fingerprint density at radius 2 is 1.59 bits per heavy atom. The van der Waals surface area contributed by atoms with Gasteiger partial charge in [0.05, 0.1) is 5.75 Å². The summed E-state index contributed by atoms with van der Waals surface area (Å²) in [5, 5.41) is 13.0. The molecule has 1 aliphatic rings. The Bertz CT molecular complexity index is 848. The molecule has 7 heteroatoms. The maximum atomic E-state index is 12.6. The SMILES string of the molecule is O=C(NC1CCN(S(=O)(=O)Cc2ccccc2)CC1)[C@H](O)c1ccccc1. The molecule has 144 valence electrons. The van der Waals surface area contributed by atoms with Crippen molar-refractivity contribution in [1.29, 1.82) is 0 Å². The third-order valence-corrected chi connectivity index (χ3v) is 6.60. The third-order valence-electron chi connectivity index (χ3n) is 4.75. The molecule has 1 atom stereocenters. The number of amides is 1. The number of piperidine rings is 1. The molecule has 6 nitrogen and oxygen atoms in total. The Morgan fingerprint density at radius 1 is 1.04 bits per heavy atom. The fourth-order valence-corrected chi connectivity index (χ4v) is 4.78. The molecule has 0 bridgehead atoms. The van der Waals surface area contributed by atoms with Crippen molar-refractivity contribution >= 4 is 15.9 Å². The van der Waals surface area contributed by atoms with Gasteiger partial charge in [-0.2, -0.15) is 0 Å². The number of nitrogens with zero attached hydrogens (tertiary/aromatic N) is 1. The van der Waals surface area contributed by atoms with Crippen molar-refractivity contribution in [3.05, 3.63) is 71.8 Å². The third kappa shape index (κ3) is 5.15. The fourth-order valence-electron chi connectivity index (χ4n) is 3.22. The van der Waals surface area contributed by atoms with E-state index in [1.807, 2.05) is 24.3 Å². The Morgan fingerprint density at radius 3 is 2.19 bits per heavy atom. The van der Waals surface area contributed by atoms with Crippen LogP contribution in [0.5, 0.6) is 0 Å². The average Bonchev–Trinajstić information content (AvgIpc) is 2.69. The Kier molecular flexibility index (Phi) is 6.26. The molecular weight excluding hydrogens is 364 g/mol. The van der Waals surface area contributed by atoms with Crippen molar-refractivity contribution in [3.8, 4) is 0 Å². The first-order valence-electron chi connectivity index (χ1n) is 9.01. The molecule has 1 fully saturated rings. The van der Waals surface area contributed by atoms with E-state index >= 15 is 0 Å². The van der Waals surface area contributed by atoms with Crippen LogP contribution in [-0.2, 0) is 20.6 Å². The molecule has 0 radical (unpaired) electrons. The van der Waals surface area contributed by atoms with Crippen LogP contribution in [0.25, 0.3) is 0 Å². The smallest absolute Gasteiger partial charge is 0.253 e. The summed E-state index contributed by atoms with van der Waals surface area (Å²) < 4.78 is 26.6. The number of hydrogen-bond acceptors (Lipinski definition) is 4. The zero-order chi connectivity index (χ0) is 19.3. The van der Waals surface area contributed by atoms with Crippen LogP contribution >= 0.6 is 0 Å². The van der Waals surface area contributed by atoms with Crippen LogP contribution in [0.4, 0.5) is 0 Å². The lowest BCUT2D eigenvalue weighted by atomic mass is 10.0. The van der Waals surface area contributed by atoms with E-state index in [4.69, 9.17) is 0 Å². The van der Waals surface area contributed by atoms with Crippen LogP contribution in [0.2, 0.25) is 0 Å². The summed E-state index contributed by atoms with van der Waals surface area (Å²) in [6, 6.07) is 17.7. The van der Waals surface area contributed by atoms with E-state index in [-0.39, 0.29) is 11.8 Å². The van der Waals surface area contributed by atoms with Crippen molar-refractivity contribution in [3.63, 3.8) is 0 Å². The second-order valence-corrected chi connectivity index (χ2v) is 8.71. The zero-order valence-electron chi connectivity index (χ0n) is 15.0. The maximum absolute atomic E-state index is 12.6. The lowest BCUT2D eigenvalue weighted by Crippen LogP contribution is -2.47. The monoisotopic (exact) mass is 388 g/mol. The summed E-state index contributed by atoms with van der Waals surface area (Å²) in [5.74, 6) is -0.468. The maximum Gasteiger partial charge on any atom is 0.253 e. The number of aliphatic hydroxyl groups excluding tert-OH is 1. The van der Waals surface area contributed by atoms with Gasteiger partial charge in [-0.15, -0.1) is 0 Å². The number of sulfonamides is 1.